The van der Waals surface area contributed by atoms with Crippen molar-refractivity contribution in [2.45, 2.75) is 39.7 Å². The molecule has 2 rings (SSSR count). The van der Waals surface area contributed by atoms with Crippen LogP contribution >= 0.6 is 0 Å². The summed E-state index contributed by atoms with van der Waals surface area (Å²) in [6.07, 6.45) is 1.42. The quantitative estimate of drug-likeness (QED) is 0.653. The van der Waals surface area contributed by atoms with E-state index >= 15 is 0 Å². The zero-order valence-corrected chi connectivity index (χ0v) is 10.8. The normalized spacial score (nSPS) is 34.4. The van der Waals surface area contributed by atoms with Crippen LogP contribution < -0.4 is 0 Å². The molecule has 2 unspecified atom stereocenters. The summed E-state index contributed by atoms with van der Waals surface area (Å²) in [5.41, 5.74) is 0.369. The largest absolute Gasteiger partial charge is 0.303 e. The Labute approximate surface area is 94.6 Å². The molecule has 2 heteroatoms. The Balaban J connectivity index is 1.96. The lowest BCUT2D eigenvalue weighted by Crippen LogP contribution is -2.40. The minimum Gasteiger partial charge on any atom is -0.303 e. The molecule has 2 aliphatic heterocycles. The second kappa shape index (κ2) is 4.06. The number of nitrogens with zero attached hydrogens (tertiary/aromatic N) is 2. The van der Waals surface area contributed by atoms with E-state index in [1.807, 2.05) is 0 Å². The molecule has 0 aromatic heterocycles. The summed E-state index contributed by atoms with van der Waals surface area (Å²) in [7, 11) is 0. The Hall–Kier alpha value is -0.0800. The Bertz CT molecular complexity index is 219. The van der Waals surface area contributed by atoms with Gasteiger partial charge in [-0.2, -0.15) is 0 Å². The maximum atomic E-state index is 2.68. The highest BCUT2D eigenvalue weighted by Gasteiger charge is 2.39. The Morgan fingerprint density at radius 3 is 2.33 bits per heavy atom. The van der Waals surface area contributed by atoms with Gasteiger partial charge in [-0.15, -0.1) is 0 Å². The Morgan fingerprint density at radius 1 is 1.07 bits per heavy atom. The minimum atomic E-state index is 0.369. The van der Waals surface area contributed by atoms with Crippen molar-refractivity contribution >= 4 is 0 Å². The van der Waals surface area contributed by atoms with Gasteiger partial charge >= 0.3 is 0 Å². The summed E-state index contributed by atoms with van der Waals surface area (Å²) in [5, 5.41) is 0. The number of rotatable bonds is 1. The van der Waals surface area contributed by atoms with Crippen molar-refractivity contribution in [3.05, 3.63) is 0 Å². The van der Waals surface area contributed by atoms with Crippen molar-refractivity contribution in [2.24, 2.45) is 11.8 Å². The van der Waals surface area contributed by atoms with E-state index in [1.54, 1.807) is 0 Å². The Kier molecular flexibility index (Phi) is 3.09. The van der Waals surface area contributed by atoms with Gasteiger partial charge in [-0.05, 0) is 52.1 Å². The summed E-state index contributed by atoms with van der Waals surface area (Å²) in [6.45, 7) is 15.9. The molecule has 0 bridgehead atoms. The second-order valence-electron chi connectivity index (χ2n) is 6.28. The van der Waals surface area contributed by atoms with Crippen molar-refractivity contribution in [1.29, 1.82) is 0 Å². The molecule has 2 saturated heterocycles. The summed E-state index contributed by atoms with van der Waals surface area (Å²) in [6, 6.07) is 0. The Morgan fingerprint density at radius 2 is 1.73 bits per heavy atom. The maximum absolute atomic E-state index is 2.68. The van der Waals surface area contributed by atoms with E-state index in [9.17, 15) is 0 Å². The molecule has 0 spiro atoms. The van der Waals surface area contributed by atoms with Crippen LogP contribution in [0, 0.1) is 11.8 Å². The van der Waals surface area contributed by atoms with Crippen molar-refractivity contribution in [3.8, 4) is 0 Å². The van der Waals surface area contributed by atoms with Crippen LogP contribution in [-0.4, -0.2) is 48.1 Å². The van der Waals surface area contributed by atoms with Crippen molar-refractivity contribution in [1.82, 2.24) is 9.80 Å². The van der Waals surface area contributed by atoms with Crippen molar-refractivity contribution in [2.75, 3.05) is 32.7 Å². The van der Waals surface area contributed by atoms with Crippen LogP contribution in [-0.2, 0) is 0 Å². The van der Waals surface area contributed by atoms with Gasteiger partial charge in [0, 0.05) is 25.2 Å². The smallest absolute Gasteiger partial charge is 0.0125 e. The predicted molar refractivity (Wildman–Crippen MR) is 65.0 cm³/mol. The molecule has 0 saturated carbocycles. The summed E-state index contributed by atoms with van der Waals surface area (Å²) in [4.78, 5) is 5.30. The first kappa shape index (κ1) is 11.4. The average Bonchev–Trinajstić information content (AvgIpc) is 2.59. The summed E-state index contributed by atoms with van der Waals surface area (Å²) >= 11 is 0. The second-order valence-corrected chi connectivity index (χ2v) is 6.28. The standard InChI is InChI=1S/C13H26N2/c1-5-14-7-6-11-9-15(13(2,3)4)10-12(11)8-14/h11-12H,5-10H2,1-4H3. The fourth-order valence-electron chi connectivity index (χ4n) is 3.08. The molecule has 2 aliphatic rings. The lowest BCUT2D eigenvalue weighted by Gasteiger charge is -2.33. The van der Waals surface area contributed by atoms with Gasteiger partial charge in [-0.25, -0.2) is 0 Å². The predicted octanol–water partition coefficient (Wildman–Crippen LogP) is 2.06. The molecule has 0 amide bonds. The topological polar surface area (TPSA) is 6.48 Å². The zero-order chi connectivity index (χ0) is 11.1. The van der Waals surface area contributed by atoms with E-state index in [0.29, 0.717) is 5.54 Å². The van der Waals surface area contributed by atoms with E-state index in [1.165, 1.54) is 39.1 Å². The fourth-order valence-corrected chi connectivity index (χ4v) is 3.08. The monoisotopic (exact) mass is 210 g/mol. The number of hydrogen-bond donors (Lipinski definition) is 0. The van der Waals surface area contributed by atoms with Gasteiger partial charge < -0.3 is 4.90 Å². The first-order chi connectivity index (χ1) is 7.00. The molecular weight excluding hydrogens is 184 g/mol. The molecule has 0 aromatic carbocycles. The highest BCUT2D eigenvalue weighted by Crippen LogP contribution is 2.34. The minimum absolute atomic E-state index is 0.369. The molecule has 2 nitrogen and oxygen atoms in total. The molecule has 0 aliphatic carbocycles. The van der Waals surface area contributed by atoms with E-state index < -0.39 is 0 Å². The molecule has 0 N–H and O–H groups in total. The highest BCUT2D eigenvalue weighted by molar-refractivity contribution is 4.93. The van der Waals surface area contributed by atoms with E-state index in [0.717, 1.165) is 11.8 Å². The zero-order valence-electron chi connectivity index (χ0n) is 10.8. The fraction of sp³-hybridized carbons (Fsp3) is 1.00. The van der Waals surface area contributed by atoms with Gasteiger partial charge in [0.1, 0.15) is 0 Å². The third kappa shape index (κ3) is 2.36. The van der Waals surface area contributed by atoms with Crippen LogP contribution in [0.4, 0.5) is 0 Å². The van der Waals surface area contributed by atoms with E-state index in [4.69, 9.17) is 0 Å². The molecule has 88 valence electrons. The molecule has 15 heavy (non-hydrogen) atoms. The molecule has 0 radical (unpaired) electrons. The third-order valence-electron chi connectivity index (χ3n) is 4.28. The van der Waals surface area contributed by atoms with Gasteiger partial charge in [-0.3, -0.25) is 4.90 Å². The number of hydrogen-bond acceptors (Lipinski definition) is 2. The lowest BCUT2D eigenvalue weighted by atomic mass is 9.89. The highest BCUT2D eigenvalue weighted by atomic mass is 15.2. The number of fused-ring (bicyclic) bond motifs is 1. The van der Waals surface area contributed by atoms with Crippen LogP contribution in [0.25, 0.3) is 0 Å². The maximum Gasteiger partial charge on any atom is 0.0125 e. The van der Waals surface area contributed by atoms with Crippen molar-refractivity contribution < 1.29 is 0 Å². The molecule has 2 heterocycles. The summed E-state index contributed by atoms with van der Waals surface area (Å²) in [5.74, 6) is 1.92. The average molecular weight is 210 g/mol. The molecule has 2 fully saturated rings. The molecular formula is C13H26N2. The first-order valence-electron chi connectivity index (χ1n) is 6.48. The molecule has 0 aromatic rings. The number of piperidine rings is 1. The van der Waals surface area contributed by atoms with E-state index in [-0.39, 0.29) is 0 Å². The van der Waals surface area contributed by atoms with E-state index in [2.05, 4.69) is 37.5 Å². The van der Waals surface area contributed by atoms with Gasteiger partial charge in [0.2, 0.25) is 0 Å². The summed E-state index contributed by atoms with van der Waals surface area (Å²) < 4.78 is 0. The number of likely N-dealkylation sites (tertiary alicyclic amines) is 2. The SMILES string of the molecule is CCN1CCC2CN(C(C)(C)C)CC2C1. The van der Waals surface area contributed by atoms with Gasteiger partial charge in [0.25, 0.3) is 0 Å². The van der Waals surface area contributed by atoms with Crippen molar-refractivity contribution in [3.63, 3.8) is 0 Å². The lowest BCUT2D eigenvalue weighted by molar-refractivity contribution is 0.152. The van der Waals surface area contributed by atoms with Gasteiger partial charge in [0.15, 0.2) is 0 Å². The van der Waals surface area contributed by atoms with Gasteiger partial charge in [-0.1, -0.05) is 6.92 Å². The van der Waals surface area contributed by atoms with Crippen LogP contribution in [0.1, 0.15) is 34.1 Å². The van der Waals surface area contributed by atoms with Gasteiger partial charge in [0.05, 0.1) is 0 Å². The molecule has 2 atom stereocenters. The van der Waals surface area contributed by atoms with Crippen LogP contribution in [0.15, 0.2) is 0 Å². The van der Waals surface area contributed by atoms with Crippen LogP contribution in [0.3, 0.4) is 0 Å². The van der Waals surface area contributed by atoms with Crippen LogP contribution in [0.5, 0.6) is 0 Å². The third-order valence-corrected chi connectivity index (χ3v) is 4.28. The first-order valence-corrected chi connectivity index (χ1v) is 6.48. The van der Waals surface area contributed by atoms with Crippen LogP contribution in [0.2, 0.25) is 0 Å².